The SMILES string of the molecule is COc1ccc2c(c1)c1c(cnn1CC(=O)NCCN)c(=O)n2C. The summed E-state index contributed by atoms with van der Waals surface area (Å²) in [5.74, 6) is 0.463. The highest BCUT2D eigenvalue weighted by atomic mass is 16.5. The van der Waals surface area contributed by atoms with Gasteiger partial charge in [-0.05, 0) is 18.2 Å². The smallest absolute Gasteiger partial charge is 0.261 e. The van der Waals surface area contributed by atoms with Gasteiger partial charge in [0.05, 0.1) is 29.7 Å². The van der Waals surface area contributed by atoms with Crippen molar-refractivity contribution in [3.05, 3.63) is 34.7 Å². The molecule has 24 heavy (non-hydrogen) atoms. The van der Waals surface area contributed by atoms with Gasteiger partial charge < -0.3 is 20.4 Å². The first-order valence-corrected chi connectivity index (χ1v) is 7.56. The van der Waals surface area contributed by atoms with E-state index in [4.69, 9.17) is 10.5 Å². The fourth-order valence-electron chi connectivity index (χ4n) is 2.76. The van der Waals surface area contributed by atoms with Crippen LogP contribution in [0.2, 0.25) is 0 Å². The Hall–Kier alpha value is -2.87. The van der Waals surface area contributed by atoms with Gasteiger partial charge in [0.15, 0.2) is 0 Å². The molecule has 0 aliphatic rings. The number of amides is 1. The topological polar surface area (TPSA) is 104 Å². The maximum atomic E-state index is 12.5. The monoisotopic (exact) mass is 329 g/mol. The average Bonchev–Trinajstić information content (AvgIpc) is 3.01. The number of nitrogens with zero attached hydrogens (tertiary/aromatic N) is 3. The third-order valence-corrected chi connectivity index (χ3v) is 3.95. The van der Waals surface area contributed by atoms with Crippen LogP contribution in [0.3, 0.4) is 0 Å². The van der Waals surface area contributed by atoms with E-state index >= 15 is 0 Å². The van der Waals surface area contributed by atoms with Crippen molar-refractivity contribution in [2.75, 3.05) is 20.2 Å². The number of rotatable bonds is 5. The number of hydrogen-bond acceptors (Lipinski definition) is 5. The molecule has 3 aromatic rings. The predicted octanol–water partition coefficient (Wildman–Crippen LogP) is -0.0283. The minimum Gasteiger partial charge on any atom is -0.497 e. The molecule has 0 saturated carbocycles. The van der Waals surface area contributed by atoms with Crippen LogP contribution >= 0.6 is 0 Å². The molecule has 0 fully saturated rings. The first-order valence-electron chi connectivity index (χ1n) is 7.56. The molecular weight excluding hydrogens is 310 g/mol. The second kappa shape index (κ2) is 6.32. The zero-order valence-corrected chi connectivity index (χ0v) is 13.6. The summed E-state index contributed by atoms with van der Waals surface area (Å²) in [5.41, 5.74) is 6.60. The van der Waals surface area contributed by atoms with E-state index in [1.807, 2.05) is 12.1 Å². The van der Waals surface area contributed by atoms with Gasteiger partial charge in [0.1, 0.15) is 12.3 Å². The van der Waals surface area contributed by atoms with Gasteiger partial charge in [0.25, 0.3) is 5.56 Å². The average molecular weight is 329 g/mol. The maximum absolute atomic E-state index is 12.5. The number of aromatic nitrogens is 3. The number of hydrogen-bond donors (Lipinski definition) is 2. The molecule has 0 aliphatic carbocycles. The summed E-state index contributed by atoms with van der Waals surface area (Å²) < 4.78 is 8.38. The van der Waals surface area contributed by atoms with Gasteiger partial charge in [0, 0.05) is 25.5 Å². The summed E-state index contributed by atoms with van der Waals surface area (Å²) in [6, 6.07) is 5.45. The van der Waals surface area contributed by atoms with Crippen LogP contribution in [0.1, 0.15) is 0 Å². The Labute approximate surface area is 137 Å². The van der Waals surface area contributed by atoms with Crippen LogP contribution in [0.15, 0.2) is 29.2 Å². The lowest BCUT2D eigenvalue weighted by molar-refractivity contribution is -0.121. The Bertz CT molecular complexity index is 973. The summed E-state index contributed by atoms with van der Waals surface area (Å²) in [4.78, 5) is 24.5. The minimum absolute atomic E-state index is 0.0168. The van der Waals surface area contributed by atoms with Crippen LogP contribution in [-0.2, 0) is 18.4 Å². The Balaban J connectivity index is 2.21. The number of methoxy groups -OCH3 is 1. The number of nitrogens with two attached hydrogens (primary N) is 1. The van der Waals surface area contributed by atoms with Crippen LogP contribution in [0.5, 0.6) is 5.75 Å². The van der Waals surface area contributed by atoms with Crippen molar-refractivity contribution in [1.29, 1.82) is 0 Å². The fourth-order valence-corrected chi connectivity index (χ4v) is 2.76. The first-order chi connectivity index (χ1) is 11.6. The van der Waals surface area contributed by atoms with E-state index < -0.39 is 0 Å². The molecule has 126 valence electrons. The molecule has 1 aromatic carbocycles. The van der Waals surface area contributed by atoms with E-state index in [9.17, 15) is 9.59 Å². The van der Waals surface area contributed by atoms with Crippen molar-refractivity contribution < 1.29 is 9.53 Å². The van der Waals surface area contributed by atoms with E-state index in [0.29, 0.717) is 29.7 Å². The van der Waals surface area contributed by atoms with Crippen molar-refractivity contribution >= 4 is 27.7 Å². The number of benzene rings is 1. The molecule has 0 bridgehead atoms. The van der Waals surface area contributed by atoms with Crippen LogP contribution in [0.25, 0.3) is 21.8 Å². The Kier molecular flexibility index (Phi) is 4.22. The molecule has 0 saturated heterocycles. The fraction of sp³-hybridized carbons (Fsp3) is 0.312. The second-order valence-electron chi connectivity index (χ2n) is 5.45. The van der Waals surface area contributed by atoms with Crippen LogP contribution in [0.4, 0.5) is 0 Å². The number of ether oxygens (including phenoxy) is 1. The van der Waals surface area contributed by atoms with Crippen molar-refractivity contribution in [2.45, 2.75) is 6.54 Å². The highest BCUT2D eigenvalue weighted by Crippen LogP contribution is 2.26. The normalized spacial score (nSPS) is 11.1. The minimum atomic E-state index is -0.206. The summed E-state index contributed by atoms with van der Waals surface area (Å²) in [6.45, 7) is 0.781. The largest absolute Gasteiger partial charge is 0.497 e. The van der Waals surface area contributed by atoms with E-state index in [2.05, 4.69) is 10.4 Å². The number of aryl methyl sites for hydroxylation is 1. The van der Waals surface area contributed by atoms with Crippen molar-refractivity contribution in [3.8, 4) is 5.75 Å². The number of fused-ring (bicyclic) bond motifs is 3. The maximum Gasteiger partial charge on any atom is 0.261 e. The number of nitrogens with one attached hydrogen (secondary N) is 1. The van der Waals surface area contributed by atoms with Gasteiger partial charge in [-0.15, -0.1) is 0 Å². The lowest BCUT2D eigenvalue weighted by atomic mass is 10.1. The summed E-state index contributed by atoms with van der Waals surface area (Å²) in [7, 11) is 3.29. The van der Waals surface area contributed by atoms with Gasteiger partial charge in [-0.1, -0.05) is 0 Å². The molecule has 0 radical (unpaired) electrons. The molecule has 8 heteroatoms. The molecule has 0 atom stereocenters. The van der Waals surface area contributed by atoms with Crippen LogP contribution in [-0.4, -0.2) is 40.5 Å². The number of carbonyl (C=O) groups is 1. The third kappa shape index (κ3) is 2.61. The van der Waals surface area contributed by atoms with E-state index in [1.165, 1.54) is 10.9 Å². The van der Waals surface area contributed by atoms with Crippen LogP contribution < -0.4 is 21.3 Å². The van der Waals surface area contributed by atoms with Crippen molar-refractivity contribution in [3.63, 3.8) is 0 Å². The number of pyridine rings is 1. The van der Waals surface area contributed by atoms with Gasteiger partial charge in [-0.3, -0.25) is 14.3 Å². The molecule has 1 amide bonds. The van der Waals surface area contributed by atoms with Gasteiger partial charge in [-0.2, -0.15) is 5.10 Å². The summed E-state index contributed by atoms with van der Waals surface area (Å²) in [5, 5.41) is 8.18. The van der Waals surface area contributed by atoms with Gasteiger partial charge in [-0.25, -0.2) is 0 Å². The van der Waals surface area contributed by atoms with Gasteiger partial charge in [0.2, 0.25) is 5.91 Å². The third-order valence-electron chi connectivity index (χ3n) is 3.95. The zero-order chi connectivity index (χ0) is 17.3. The summed E-state index contributed by atoms with van der Waals surface area (Å²) >= 11 is 0. The molecule has 0 spiro atoms. The van der Waals surface area contributed by atoms with Gasteiger partial charge >= 0.3 is 0 Å². The Morgan fingerprint density at radius 1 is 1.38 bits per heavy atom. The number of carbonyl (C=O) groups excluding carboxylic acids is 1. The molecule has 2 heterocycles. The standard InChI is InChI=1S/C16H19N5O3/c1-20-13-4-3-10(24-2)7-11(13)15-12(16(20)23)8-19-21(15)9-14(22)18-6-5-17/h3-4,7-8H,5-6,9,17H2,1-2H3,(H,18,22). The first kappa shape index (κ1) is 16.0. The molecule has 3 N–H and O–H groups in total. The lowest BCUT2D eigenvalue weighted by Gasteiger charge is -2.11. The van der Waals surface area contributed by atoms with E-state index in [-0.39, 0.29) is 18.0 Å². The lowest BCUT2D eigenvalue weighted by Crippen LogP contribution is -2.32. The molecule has 8 nitrogen and oxygen atoms in total. The second-order valence-corrected chi connectivity index (χ2v) is 5.45. The van der Waals surface area contributed by atoms with Crippen molar-refractivity contribution in [2.24, 2.45) is 12.8 Å². The Morgan fingerprint density at radius 3 is 2.88 bits per heavy atom. The van der Waals surface area contributed by atoms with Crippen LogP contribution in [0, 0.1) is 0 Å². The zero-order valence-electron chi connectivity index (χ0n) is 13.6. The molecule has 0 aliphatic heterocycles. The summed E-state index contributed by atoms with van der Waals surface area (Å²) in [6.07, 6.45) is 1.49. The molecule has 3 rings (SSSR count). The quantitative estimate of drug-likeness (QED) is 0.684. The Morgan fingerprint density at radius 2 is 2.17 bits per heavy atom. The molecule has 2 aromatic heterocycles. The molecular formula is C16H19N5O3. The molecule has 0 unspecified atom stereocenters. The van der Waals surface area contributed by atoms with E-state index in [1.54, 1.807) is 24.8 Å². The van der Waals surface area contributed by atoms with E-state index in [0.717, 1.165) is 10.9 Å². The van der Waals surface area contributed by atoms with Crippen molar-refractivity contribution in [1.82, 2.24) is 19.7 Å². The predicted molar refractivity (Wildman–Crippen MR) is 91.1 cm³/mol. The highest BCUT2D eigenvalue weighted by Gasteiger charge is 2.16. The highest BCUT2D eigenvalue weighted by molar-refractivity contribution is 6.04.